The maximum absolute atomic E-state index is 13.7. The number of hydrogen-bond donors (Lipinski definition) is 4. The van der Waals surface area contributed by atoms with Gasteiger partial charge in [0.05, 0.1) is 18.7 Å². The molecule has 1 aliphatic rings. The first-order valence-electron chi connectivity index (χ1n) is 15.1. The number of ether oxygens (including phenoxy) is 1. The molecule has 0 saturated carbocycles. The van der Waals surface area contributed by atoms with Crippen molar-refractivity contribution in [1.29, 1.82) is 0 Å². The molecule has 5 unspecified atom stereocenters. The van der Waals surface area contributed by atoms with Crippen LogP contribution in [-0.4, -0.2) is 59.9 Å². The summed E-state index contributed by atoms with van der Waals surface area (Å²) >= 11 is 0. The Balaban J connectivity index is 2.21. The second kappa shape index (κ2) is 16.9. The molecule has 0 radical (unpaired) electrons. The highest BCUT2D eigenvalue weighted by Crippen LogP contribution is 2.29. The molecule has 1 aromatic carbocycles. The van der Waals surface area contributed by atoms with Gasteiger partial charge >= 0.3 is 0 Å². The summed E-state index contributed by atoms with van der Waals surface area (Å²) in [6, 6.07) is 6.20. The molecule has 236 valence electrons. The van der Waals surface area contributed by atoms with Gasteiger partial charge in [0.1, 0.15) is 17.7 Å². The van der Waals surface area contributed by atoms with Crippen LogP contribution in [0.15, 0.2) is 67.3 Å². The van der Waals surface area contributed by atoms with Crippen LogP contribution in [-0.2, 0) is 30.3 Å². The first-order chi connectivity index (χ1) is 20.3. The summed E-state index contributed by atoms with van der Waals surface area (Å²) in [5.74, 6) is -1.45. The highest BCUT2D eigenvalue weighted by Gasteiger charge is 2.50. The maximum Gasteiger partial charge on any atom is 0.243 e. The SMILES string of the molecule is C=C/C=C(\C=C)CC(NC(=O)C(CC(C)C)NC(=O)C(N)CCc1ccccc1)C(=O)NC(CC(C)C)C(=O)C1(C)CO1. The zero-order valence-electron chi connectivity index (χ0n) is 26.4. The van der Waals surface area contributed by atoms with Gasteiger partial charge in [-0.05, 0) is 55.6 Å². The Morgan fingerprint density at radius 2 is 1.44 bits per heavy atom. The molecule has 0 bridgehead atoms. The van der Waals surface area contributed by atoms with E-state index in [1.54, 1.807) is 25.2 Å². The predicted octanol–water partition coefficient (Wildman–Crippen LogP) is 3.54. The van der Waals surface area contributed by atoms with E-state index in [-0.39, 0.29) is 24.0 Å². The van der Waals surface area contributed by atoms with Gasteiger partial charge in [0.15, 0.2) is 5.78 Å². The molecule has 0 aromatic heterocycles. The summed E-state index contributed by atoms with van der Waals surface area (Å²) in [6.45, 7) is 17.4. The summed E-state index contributed by atoms with van der Waals surface area (Å²) < 4.78 is 5.35. The molecule has 1 aliphatic heterocycles. The van der Waals surface area contributed by atoms with Gasteiger partial charge in [0.2, 0.25) is 17.7 Å². The zero-order chi connectivity index (χ0) is 32.2. The van der Waals surface area contributed by atoms with Crippen molar-refractivity contribution in [3.63, 3.8) is 0 Å². The lowest BCUT2D eigenvalue weighted by atomic mass is 9.93. The highest BCUT2D eigenvalue weighted by atomic mass is 16.6. The first-order valence-corrected chi connectivity index (χ1v) is 15.1. The number of amides is 3. The van der Waals surface area contributed by atoms with E-state index in [0.717, 1.165) is 5.56 Å². The van der Waals surface area contributed by atoms with E-state index in [4.69, 9.17) is 10.5 Å². The van der Waals surface area contributed by atoms with Crippen molar-refractivity contribution in [3.05, 3.63) is 72.9 Å². The van der Waals surface area contributed by atoms with Gasteiger partial charge in [-0.25, -0.2) is 0 Å². The number of aryl methyl sites for hydroxylation is 1. The van der Waals surface area contributed by atoms with E-state index in [9.17, 15) is 19.2 Å². The van der Waals surface area contributed by atoms with E-state index >= 15 is 0 Å². The van der Waals surface area contributed by atoms with Crippen LogP contribution < -0.4 is 21.7 Å². The predicted molar refractivity (Wildman–Crippen MR) is 170 cm³/mol. The Morgan fingerprint density at radius 1 is 0.907 bits per heavy atom. The minimum atomic E-state index is -1.04. The number of rotatable bonds is 19. The molecular weight excluding hydrogens is 544 g/mol. The van der Waals surface area contributed by atoms with Crippen molar-refractivity contribution in [2.75, 3.05) is 6.61 Å². The van der Waals surface area contributed by atoms with Crippen LogP contribution in [0.4, 0.5) is 0 Å². The standard InChI is InChI=1S/C34H50N4O5/c1-8-13-24(9-2)20-29(33(42)36-27(18-22(3)4)30(39)34(7)21-43-34)38-32(41)28(19-23(5)6)37-31(40)26(35)17-16-25-14-11-10-12-15-25/h8-15,22-23,26-29H,1-2,16-21,35H2,3-7H3,(H,36,42)(H,37,40)(H,38,41)/b24-13+. The van der Waals surface area contributed by atoms with Crippen LogP contribution in [0.25, 0.3) is 0 Å². The molecule has 1 fully saturated rings. The number of nitrogens with one attached hydrogen (secondary N) is 3. The van der Waals surface area contributed by atoms with Crippen molar-refractivity contribution in [2.24, 2.45) is 17.6 Å². The summed E-state index contributed by atoms with van der Waals surface area (Å²) in [5, 5.41) is 8.50. The smallest absolute Gasteiger partial charge is 0.243 e. The third kappa shape index (κ3) is 11.9. The van der Waals surface area contributed by atoms with Gasteiger partial charge in [0.25, 0.3) is 0 Å². The molecule has 0 aliphatic carbocycles. The van der Waals surface area contributed by atoms with Crippen molar-refractivity contribution >= 4 is 23.5 Å². The molecule has 5 atom stereocenters. The monoisotopic (exact) mass is 594 g/mol. The van der Waals surface area contributed by atoms with Gasteiger partial charge in [-0.2, -0.15) is 0 Å². The lowest BCUT2D eigenvalue weighted by Gasteiger charge is -2.27. The third-order valence-corrected chi connectivity index (χ3v) is 7.37. The summed E-state index contributed by atoms with van der Waals surface area (Å²) in [7, 11) is 0. The van der Waals surface area contributed by atoms with Crippen LogP contribution in [0.1, 0.15) is 65.9 Å². The van der Waals surface area contributed by atoms with Gasteiger partial charge in [-0.15, -0.1) is 0 Å². The Morgan fingerprint density at radius 3 is 1.98 bits per heavy atom. The van der Waals surface area contributed by atoms with E-state index in [1.807, 2.05) is 58.0 Å². The van der Waals surface area contributed by atoms with Crippen LogP contribution in [0.5, 0.6) is 0 Å². The molecule has 43 heavy (non-hydrogen) atoms. The molecule has 9 nitrogen and oxygen atoms in total. The number of Topliss-reactive ketones (excluding diaryl/α,β-unsaturated/α-hetero) is 1. The molecule has 5 N–H and O–H groups in total. The highest BCUT2D eigenvalue weighted by molar-refractivity contribution is 5.98. The van der Waals surface area contributed by atoms with Crippen molar-refractivity contribution in [3.8, 4) is 0 Å². The molecule has 1 heterocycles. The average molecular weight is 595 g/mol. The lowest BCUT2D eigenvalue weighted by Crippen LogP contribution is -2.58. The summed E-state index contributed by atoms with van der Waals surface area (Å²) in [4.78, 5) is 53.5. The van der Waals surface area contributed by atoms with Crippen LogP contribution in [0.2, 0.25) is 0 Å². The number of nitrogens with two attached hydrogens (primary N) is 1. The Bertz CT molecular complexity index is 1160. The normalized spacial score (nSPS) is 19.1. The quantitative estimate of drug-likeness (QED) is 0.143. The zero-order valence-corrected chi connectivity index (χ0v) is 26.4. The first kappa shape index (κ1) is 35.6. The Labute approximate surface area is 256 Å². The number of epoxide rings is 1. The second-order valence-electron chi connectivity index (χ2n) is 12.3. The molecule has 1 saturated heterocycles. The third-order valence-electron chi connectivity index (χ3n) is 7.37. The van der Waals surface area contributed by atoms with Gasteiger partial charge in [-0.1, -0.05) is 89.4 Å². The number of allylic oxidation sites excluding steroid dienone is 3. The van der Waals surface area contributed by atoms with Crippen molar-refractivity contribution in [2.45, 2.75) is 96.5 Å². The van der Waals surface area contributed by atoms with Crippen LogP contribution >= 0.6 is 0 Å². The molecule has 3 amide bonds. The number of carbonyl (C=O) groups is 4. The molecule has 2 rings (SSSR count). The van der Waals surface area contributed by atoms with Crippen LogP contribution in [0, 0.1) is 11.8 Å². The summed E-state index contributed by atoms with van der Waals surface area (Å²) in [6.07, 6.45) is 6.79. The molecule has 9 heteroatoms. The number of hydrogen-bond acceptors (Lipinski definition) is 6. The van der Waals surface area contributed by atoms with Gasteiger partial charge in [0, 0.05) is 6.42 Å². The molecular formula is C34H50N4O5. The average Bonchev–Trinajstić information content (AvgIpc) is 3.72. The summed E-state index contributed by atoms with van der Waals surface area (Å²) in [5.41, 5.74) is 7.03. The second-order valence-corrected chi connectivity index (χ2v) is 12.3. The number of carbonyl (C=O) groups excluding carboxylic acids is 4. The van der Waals surface area contributed by atoms with Gasteiger partial charge in [-0.3, -0.25) is 19.2 Å². The van der Waals surface area contributed by atoms with Crippen LogP contribution in [0.3, 0.4) is 0 Å². The maximum atomic E-state index is 13.7. The van der Waals surface area contributed by atoms with Gasteiger partial charge < -0.3 is 26.4 Å². The fraction of sp³-hybridized carbons (Fsp3) is 0.529. The number of benzene rings is 1. The Kier molecular flexibility index (Phi) is 14.0. The van der Waals surface area contributed by atoms with Crippen molar-refractivity contribution < 1.29 is 23.9 Å². The minimum Gasteiger partial charge on any atom is -0.361 e. The topological polar surface area (TPSA) is 143 Å². The molecule has 1 aromatic rings. The van der Waals surface area contributed by atoms with E-state index in [1.165, 1.54) is 0 Å². The number of ketones is 1. The fourth-order valence-electron chi connectivity index (χ4n) is 4.76. The van der Waals surface area contributed by atoms with E-state index in [0.29, 0.717) is 37.9 Å². The minimum absolute atomic E-state index is 0.0700. The Hall–Kier alpha value is -3.56. The fourth-order valence-corrected chi connectivity index (χ4v) is 4.76. The molecule has 0 spiro atoms. The lowest BCUT2D eigenvalue weighted by molar-refractivity contribution is -0.134. The van der Waals surface area contributed by atoms with E-state index < -0.39 is 47.5 Å². The van der Waals surface area contributed by atoms with E-state index in [2.05, 4.69) is 29.1 Å². The van der Waals surface area contributed by atoms with Crippen molar-refractivity contribution in [1.82, 2.24) is 16.0 Å². The largest absolute Gasteiger partial charge is 0.361 e.